The van der Waals surface area contributed by atoms with E-state index >= 15 is 0 Å². The van der Waals surface area contributed by atoms with Crippen molar-refractivity contribution in [2.75, 3.05) is 21.3 Å². The van der Waals surface area contributed by atoms with Crippen molar-refractivity contribution >= 4 is 16.9 Å². The van der Waals surface area contributed by atoms with Crippen molar-refractivity contribution in [2.45, 2.75) is 32.2 Å². The summed E-state index contributed by atoms with van der Waals surface area (Å²) in [6.45, 7) is 2.17. The van der Waals surface area contributed by atoms with E-state index in [0.717, 1.165) is 35.2 Å². The summed E-state index contributed by atoms with van der Waals surface area (Å²) in [4.78, 5) is 22.8. The van der Waals surface area contributed by atoms with E-state index in [9.17, 15) is 4.79 Å². The van der Waals surface area contributed by atoms with E-state index < -0.39 is 0 Å². The molecule has 35 heavy (non-hydrogen) atoms. The Bertz CT molecular complexity index is 1370. The van der Waals surface area contributed by atoms with E-state index in [1.54, 1.807) is 32.2 Å². The lowest BCUT2D eigenvalue weighted by Crippen LogP contribution is -2.23. The molecule has 3 heterocycles. The number of carbonyl (C=O) groups is 1. The topological polar surface area (TPSA) is 100 Å². The van der Waals surface area contributed by atoms with Gasteiger partial charge in [0.1, 0.15) is 0 Å². The van der Waals surface area contributed by atoms with Crippen LogP contribution in [0.5, 0.6) is 17.2 Å². The van der Waals surface area contributed by atoms with Gasteiger partial charge in [0.05, 0.1) is 38.0 Å². The first-order valence-electron chi connectivity index (χ1n) is 11.4. The van der Waals surface area contributed by atoms with Crippen LogP contribution in [0.25, 0.3) is 16.9 Å². The van der Waals surface area contributed by atoms with E-state index in [2.05, 4.69) is 15.4 Å². The van der Waals surface area contributed by atoms with Crippen LogP contribution >= 0.6 is 0 Å². The smallest absolute Gasteiger partial charge is 0.252 e. The summed E-state index contributed by atoms with van der Waals surface area (Å²) in [5.74, 6) is 2.41. The largest absolute Gasteiger partial charge is 0.493 e. The minimum atomic E-state index is -0.197. The lowest BCUT2D eigenvalue weighted by atomic mass is 10.1. The first kappa shape index (κ1) is 22.6. The zero-order valence-electron chi connectivity index (χ0n) is 20.2. The third-order valence-corrected chi connectivity index (χ3v) is 6.12. The molecule has 1 saturated carbocycles. The number of amides is 1. The van der Waals surface area contributed by atoms with Crippen molar-refractivity contribution in [1.82, 2.24) is 25.1 Å². The number of pyridine rings is 2. The van der Waals surface area contributed by atoms with Crippen LogP contribution in [0.4, 0.5) is 0 Å². The Morgan fingerprint density at radius 1 is 1.09 bits per heavy atom. The summed E-state index contributed by atoms with van der Waals surface area (Å²) >= 11 is 0. The minimum absolute atomic E-state index is 0.197. The van der Waals surface area contributed by atoms with Crippen molar-refractivity contribution in [1.29, 1.82) is 0 Å². The van der Waals surface area contributed by atoms with Crippen LogP contribution in [-0.2, 0) is 6.54 Å². The molecule has 0 unspecified atom stereocenters. The molecule has 180 valence electrons. The maximum atomic E-state index is 13.5. The number of aromatic nitrogens is 4. The molecule has 9 heteroatoms. The fourth-order valence-electron chi connectivity index (χ4n) is 4.23. The fraction of sp³-hybridized carbons (Fsp3) is 0.308. The van der Waals surface area contributed by atoms with Crippen molar-refractivity contribution in [3.8, 4) is 23.1 Å². The number of hydrogen-bond acceptors (Lipinski definition) is 7. The van der Waals surface area contributed by atoms with Gasteiger partial charge in [-0.05, 0) is 55.7 Å². The van der Waals surface area contributed by atoms with Gasteiger partial charge in [-0.2, -0.15) is 9.78 Å². The summed E-state index contributed by atoms with van der Waals surface area (Å²) in [5, 5.41) is 8.43. The SMILES string of the molecule is COc1cc(CNC(=O)c2cc(C3CC3)nc3c2c(C)nn3-c2ccccn2)cc(OC)c1OC. The number of ether oxygens (including phenoxy) is 3. The van der Waals surface area contributed by atoms with Gasteiger partial charge in [-0.15, -0.1) is 0 Å². The molecule has 1 N–H and O–H groups in total. The molecule has 5 rings (SSSR count). The third kappa shape index (κ3) is 4.25. The van der Waals surface area contributed by atoms with Crippen LogP contribution in [0.2, 0.25) is 0 Å². The number of aryl methyl sites for hydroxylation is 1. The Morgan fingerprint density at radius 2 is 1.83 bits per heavy atom. The number of carbonyl (C=O) groups excluding carboxylic acids is 1. The predicted molar refractivity (Wildman–Crippen MR) is 131 cm³/mol. The second-order valence-corrected chi connectivity index (χ2v) is 8.47. The summed E-state index contributed by atoms with van der Waals surface area (Å²) in [5.41, 5.74) is 3.65. The van der Waals surface area contributed by atoms with Gasteiger partial charge in [-0.1, -0.05) is 6.07 Å². The van der Waals surface area contributed by atoms with Gasteiger partial charge in [0.25, 0.3) is 5.91 Å². The molecule has 0 spiro atoms. The Balaban J connectivity index is 1.51. The van der Waals surface area contributed by atoms with Gasteiger partial charge in [0, 0.05) is 24.4 Å². The van der Waals surface area contributed by atoms with Crippen molar-refractivity contribution in [3.63, 3.8) is 0 Å². The molecular formula is C26H27N5O4. The van der Waals surface area contributed by atoms with Crippen LogP contribution in [0, 0.1) is 6.92 Å². The van der Waals surface area contributed by atoms with E-state index in [0.29, 0.717) is 40.2 Å². The van der Waals surface area contributed by atoms with Crippen LogP contribution in [0.3, 0.4) is 0 Å². The average Bonchev–Trinajstić information content (AvgIpc) is 3.70. The van der Waals surface area contributed by atoms with Crippen LogP contribution in [-0.4, -0.2) is 47.0 Å². The van der Waals surface area contributed by atoms with E-state index in [-0.39, 0.29) is 12.5 Å². The summed E-state index contributed by atoms with van der Waals surface area (Å²) in [7, 11) is 4.69. The number of methoxy groups -OCH3 is 3. The number of nitrogens with zero attached hydrogens (tertiary/aromatic N) is 4. The minimum Gasteiger partial charge on any atom is -0.493 e. The maximum Gasteiger partial charge on any atom is 0.252 e. The predicted octanol–water partition coefficient (Wildman–Crippen LogP) is 3.96. The first-order valence-corrected chi connectivity index (χ1v) is 11.4. The van der Waals surface area contributed by atoms with Gasteiger partial charge in [-0.3, -0.25) is 4.79 Å². The molecule has 3 aromatic heterocycles. The third-order valence-electron chi connectivity index (χ3n) is 6.12. The van der Waals surface area contributed by atoms with Gasteiger partial charge in [0.2, 0.25) is 5.75 Å². The zero-order chi connectivity index (χ0) is 24.5. The lowest BCUT2D eigenvalue weighted by molar-refractivity contribution is 0.0952. The Morgan fingerprint density at radius 3 is 2.43 bits per heavy atom. The van der Waals surface area contributed by atoms with E-state index in [1.165, 1.54) is 0 Å². The molecule has 0 atom stereocenters. The zero-order valence-corrected chi connectivity index (χ0v) is 20.2. The van der Waals surface area contributed by atoms with Crippen LogP contribution < -0.4 is 19.5 Å². The maximum absolute atomic E-state index is 13.5. The Labute approximate surface area is 203 Å². The highest BCUT2D eigenvalue weighted by Gasteiger charge is 2.29. The lowest BCUT2D eigenvalue weighted by Gasteiger charge is -2.15. The molecule has 1 aliphatic rings. The molecule has 0 radical (unpaired) electrons. The standard InChI is InChI=1S/C26H27N5O4/c1-15-23-18(26(32)28-14-16-11-20(33-2)24(35-4)21(12-16)34-3)13-19(17-8-9-17)29-25(23)31(30-15)22-7-5-6-10-27-22/h5-7,10-13,17H,8-9,14H2,1-4H3,(H,28,32). The highest BCUT2D eigenvalue weighted by atomic mass is 16.5. The molecule has 0 bridgehead atoms. The molecule has 0 aliphatic heterocycles. The Kier molecular flexibility index (Phi) is 5.98. The normalized spacial score (nSPS) is 13.0. The molecule has 1 aliphatic carbocycles. The van der Waals surface area contributed by atoms with Gasteiger partial charge < -0.3 is 19.5 Å². The second kappa shape index (κ2) is 9.25. The highest BCUT2D eigenvalue weighted by molar-refractivity contribution is 6.06. The second-order valence-electron chi connectivity index (χ2n) is 8.47. The van der Waals surface area contributed by atoms with Gasteiger partial charge in [0.15, 0.2) is 23.0 Å². The van der Waals surface area contributed by atoms with Crippen LogP contribution in [0.1, 0.15) is 46.1 Å². The van der Waals surface area contributed by atoms with Gasteiger partial charge >= 0.3 is 0 Å². The number of rotatable bonds is 8. The first-order chi connectivity index (χ1) is 17.0. The Hall–Kier alpha value is -4.14. The van der Waals surface area contributed by atoms with Gasteiger partial charge in [-0.25, -0.2) is 9.97 Å². The number of fused-ring (bicyclic) bond motifs is 1. The molecule has 9 nitrogen and oxygen atoms in total. The molecule has 0 saturated heterocycles. The summed E-state index contributed by atoms with van der Waals surface area (Å²) < 4.78 is 18.0. The van der Waals surface area contributed by atoms with E-state index in [1.807, 2.05) is 43.3 Å². The van der Waals surface area contributed by atoms with Crippen molar-refractivity contribution in [3.05, 3.63) is 65.1 Å². The summed E-state index contributed by atoms with van der Waals surface area (Å²) in [6, 6.07) is 11.2. The van der Waals surface area contributed by atoms with Crippen molar-refractivity contribution < 1.29 is 19.0 Å². The average molecular weight is 474 g/mol. The summed E-state index contributed by atoms with van der Waals surface area (Å²) in [6.07, 6.45) is 3.86. The molecule has 1 amide bonds. The molecule has 1 fully saturated rings. The number of hydrogen-bond donors (Lipinski definition) is 1. The number of benzene rings is 1. The van der Waals surface area contributed by atoms with E-state index in [4.69, 9.17) is 19.2 Å². The van der Waals surface area contributed by atoms with Crippen LogP contribution in [0.15, 0.2) is 42.6 Å². The molecule has 1 aromatic carbocycles. The highest BCUT2D eigenvalue weighted by Crippen LogP contribution is 2.41. The quantitative estimate of drug-likeness (QED) is 0.413. The fourth-order valence-corrected chi connectivity index (χ4v) is 4.23. The molecular weight excluding hydrogens is 446 g/mol. The molecule has 4 aromatic rings. The van der Waals surface area contributed by atoms with Crippen molar-refractivity contribution in [2.24, 2.45) is 0 Å². The monoisotopic (exact) mass is 473 g/mol. The number of nitrogens with one attached hydrogen (secondary N) is 1.